The highest BCUT2D eigenvalue weighted by Crippen LogP contribution is 2.27. The lowest BCUT2D eigenvalue weighted by atomic mass is 10.0. The number of hydrogen-bond donors (Lipinski definition) is 1. The van der Waals surface area contributed by atoms with Crippen molar-refractivity contribution in [1.29, 1.82) is 0 Å². The zero-order valence-corrected chi connectivity index (χ0v) is 33.2. The molecule has 0 saturated carbocycles. The number of nitrogens with one attached hydrogen (secondary N) is 1. The monoisotopic (exact) mass is 674 g/mol. The van der Waals surface area contributed by atoms with Crippen LogP contribution in [0.5, 0.6) is 0 Å². The van der Waals surface area contributed by atoms with Gasteiger partial charge in [-0.1, -0.05) is 243 Å². The van der Waals surface area contributed by atoms with Crippen molar-refractivity contribution in [2.45, 2.75) is 232 Å². The van der Waals surface area contributed by atoms with E-state index in [1.807, 2.05) is 0 Å². The highest BCUT2D eigenvalue weighted by Gasteiger charge is 2.07. The zero-order chi connectivity index (χ0) is 34.7. The summed E-state index contributed by atoms with van der Waals surface area (Å²) >= 11 is 0. The van der Waals surface area contributed by atoms with Gasteiger partial charge in [0.2, 0.25) is 0 Å². The number of benzene rings is 2. The van der Waals surface area contributed by atoms with Crippen LogP contribution in [0.3, 0.4) is 0 Å². The summed E-state index contributed by atoms with van der Waals surface area (Å²) in [5, 5.41) is 3.85. The largest absolute Gasteiger partial charge is 0.355 e. The highest BCUT2D eigenvalue weighted by atomic mass is 14.9. The summed E-state index contributed by atoms with van der Waals surface area (Å²) in [6.07, 6.45) is 48.1. The standard InChI is InChI=1S/C48H83N/c1-3-5-7-9-11-13-15-17-19-21-23-25-27-29-31-33-39-45-41-35-37-43-47(45)49-48-44-38-36-42-46(48)40-34-32-30-28-26-24-22-20-18-16-14-12-10-8-6-4-2/h35-38,41-44,49H,3-34,39-40H2,1-2H3. The van der Waals surface area contributed by atoms with E-state index in [9.17, 15) is 0 Å². The molecule has 0 bridgehead atoms. The lowest BCUT2D eigenvalue weighted by molar-refractivity contribution is 0.529. The third kappa shape index (κ3) is 24.9. The van der Waals surface area contributed by atoms with Crippen LogP contribution >= 0.6 is 0 Å². The van der Waals surface area contributed by atoms with Gasteiger partial charge < -0.3 is 5.32 Å². The van der Waals surface area contributed by atoms with Crippen LogP contribution in [0.4, 0.5) is 11.4 Å². The first-order valence-corrected chi connectivity index (χ1v) is 22.3. The fourth-order valence-electron chi connectivity index (χ4n) is 7.59. The molecule has 0 heterocycles. The average molecular weight is 674 g/mol. The van der Waals surface area contributed by atoms with E-state index >= 15 is 0 Å². The van der Waals surface area contributed by atoms with Gasteiger partial charge in [-0.15, -0.1) is 0 Å². The van der Waals surface area contributed by atoms with E-state index in [1.54, 1.807) is 0 Å². The fourth-order valence-corrected chi connectivity index (χ4v) is 7.59. The highest BCUT2D eigenvalue weighted by molar-refractivity contribution is 5.66. The molecule has 2 aromatic rings. The molecule has 0 atom stereocenters. The van der Waals surface area contributed by atoms with Gasteiger partial charge in [0.25, 0.3) is 0 Å². The van der Waals surface area contributed by atoms with Gasteiger partial charge in [-0.05, 0) is 48.9 Å². The van der Waals surface area contributed by atoms with Gasteiger partial charge >= 0.3 is 0 Å². The first-order valence-electron chi connectivity index (χ1n) is 22.3. The Labute approximate surface area is 307 Å². The molecule has 0 unspecified atom stereocenters. The summed E-state index contributed by atoms with van der Waals surface area (Å²) in [5.41, 5.74) is 5.57. The molecule has 0 amide bonds. The first kappa shape index (κ1) is 43.4. The summed E-state index contributed by atoms with van der Waals surface area (Å²) in [6, 6.07) is 18.1. The van der Waals surface area contributed by atoms with Gasteiger partial charge in [-0.2, -0.15) is 0 Å². The normalized spacial score (nSPS) is 11.4. The van der Waals surface area contributed by atoms with Crippen LogP contribution in [0.15, 0.2) is 48.5 Å². The van der Waals surface area contributed by atoms with Crippen LogP contribution in [0.2, 0.25) is 0 Å². The van der Waals surface area contributed by atoms with Crippen LogP contribution in [0.25, 0.3) is 0 Å². The predicted octanol–water partition coefficient (Wildman–Crippen LogP) is 17.0. The van der Waals surface area contributed by atoms with Gasteiger partial charge in [0, 0.05) is 11.4 Å². The van der Waals surface area contributed by atoms with Crippen LogP contribution in [0.1, 0.15) is 230 Å². The second-order valence-electron chi connectivity index (χ2n) is 15.5. The third-order valence-corrected chi connectivity index (χ3v) is 10.9. The van der Waals surface area contributed by atoms with Crippen LogP contribution in [0, 0.1) is 0 Å². The SMILES string of the molecule is CCCCCCCCCCCCCCCCCCc1ccccc1Nc1ccccc1CCCCCCCCCCCCCCCCCC. The Morgan fingerprint density at radius 2 is 0.510 bits per heavy atom. The number of rotatable bonds is 36. The van der Waals surface area contributed by atoms with E-state index in [-0.39, 0.29) is 0 Å². The molecule has 0 aliphatic rings. The maximum absolute atomic E-state index is 3.85. The molecule has 0 aromatic heterocycles. The van der Waals surface area contributed by atoms with E-state index in [0.717, 1.165) is 0 Å². The van der Waals surface area contributed by atoms with Gasteiger partial charge in [0.15, 0.2) is 0 Å². The molecule has 0 saturated heterocycles. The van der Waals surface area contributed by atoms with E-state index in [4.69, 9.17) is 0 Å². The molecule has 0 fully saturated rings. The lowest BCUT2D eigenvalue weighted by Gasteiger charge is -2.15. The maximum Gasteiger partial charge on any atom is 0.0416 e. The zero-order valence-electron chi connectivity index (χ0n) is 33.2. The van der Waals surface area contributed by atoms with Gasteiger partial charge in [0.1, 0.15) is 0 Å². The second-order valence-corrected chi connectivity index (χ2v) is 15.5. The molecular formula is C48H83N. The molecule has 2 aromatic carbocycles. The number of anilines is 2. The van der Waals surface area contributed by atoms with Gasteiger partial charge in [0.05, 0.1) is 0 Å². The Morgan fingerprint density at radius 3 is 0.776 bits per heavy atom. The van der Waals surface area contributed by atoms with E-state index < -0.39 is 0 Å². The first-order chi connectivity index (χ1) is 24.3. The van der Waals surface area contributed by atoms with Crippen molar-refractivity contribution < 1.29 is 0 Å². The summed E-state index contributed by atoms with van der Waals surface area (Å²) in [7, 11) is 0. The molecule has 0 spiro atoms. The summed E-state index contributed by atoms with van der Waals surface area (Å²) in [4.78, 5) is 0. The van der Waals surface area contributed by atoms with E-state index in [2.05, 4.69) is 67.7 Å². The maximum atomic E-state index is 3.85. The molecule has 1 nitrogen and oxygen atoms in total. The van der Waals surface area contributed by atoms with E-state index in [0.29, 0.717) is 0 Å². The topological polar surface area (TPSA) is 12.0 Å². The van der Waals surface area contributed by atoms with Crippen molar-refractivity contribution >= 4 is 11.4 Å². The molecule has 0 radical (unpaired) electrons. The van der Waals surface area contributed by atoms with Crippen molar-refractivity contribution in [2.75, 3.05) is 5.32 Å². The van der Waals surface area contributed by atoms with Crippen molar-refractivity contribution in [2.24, 2.45) is 0 Å². The Kier molecular flexibility index (Phi) is 29.6. The molecule has 0 aliphatic carbocycles. The third-order valence-electron chi connectivity index (χ3n) is 10.9. The van der Waals surface area contributed by atoms with Crippen LogP contribution in [-0.4, -0.2) is 0 Å². The molecule has 49 heavy (non-hydrogen) atoms. The van der Waals surface area contributed by atoms with Crippen LogP contribution < -0.4 is 5.32 Å². The van der Waals surface area contributed by atoms with Gasteiger partial charge in [-0.25, -0.2) is 0 Å². The molecule has 1 heteroatoms. The Morgan fingerprint density at radius 1 is 0.286 bits per heavy atom. The van der Waals surface area contributed by atoms with Crippen molar-refractivity contribution in [3.05, 3.63) is 59.7 Å². The minimum atomic E-state index is 1.18. The number of aryl methyl sites for hydroxylation is 2. The van der Waals surface area contributed by atoms with Crippen LogP contribution in [-0.2, 0) is 12.8 Å². The quantitative estimate of drug-likeness (QED) is 0.0710. The molecule has 280 valence electrons. The minimum Gasteiger partial charge on any atom is -0.355 e. The summed E-state index contributed by atoms with van der Waals surface area (Å²) < 4.78 is 0. The van der Waals surface area contributed by atoms with Crippen molar-refractivity contribution in [3.8, 4) is 0 Å². The van der Waals surface area contributed by atoms with Crippen molar-refractivity contribution in [3.63, 3.8) is 0 Å². The van der Waals surface area contributed by atoms with Crippen molar-refractivity contribution in [1.82, 2.24) is 0 Å². The van der Waals surface area contributed by atoms with Gasteiger partial charge in [-0.3, -0.25) is 0 Å². The summed E-state index contributed by atoms with van der Waals surface area (Å²) in [6.45, 7) is 4.61. The summed E-state index contributed by atoms with van der Waals surface area (Å²) in [5.74, 6) is 0. The number of hydrogen-bond acceptors (Lipinski definition) is 1. The number of unbranched alkanes of at least 4 members (excludes halogenated alkanes) is 30. The van der Waals surface area contributed by atoms with E-state index in [1.165, 1.54) is 241 Å². The molecule has 0 aliphatic heterocycles. The Bertz CT molecular complexity index is 886. The average Bonchev–Trinajstić information content (AvgIpc) is 3.12. The fraction of sp³-hybridized carbons (Fsp3) is 0.750. The molecule has 1 N–H and O–H groups in total. The lowest BCUT2D eigenvalue weighted by Crippen LogP contribution is -2.00. The second kappa shape index (κ2) is 33.4. The smallest absolute Gasteiger partial charge is 0.0416 e. The Balaban J connectivity index is 1.50. The Hall–Kier alpha value is -1.76. The molecule has 2 rings (SSSR count). The predicted molar refractivity (Wildman–Crippen MR) is 223 cm³/mol. The number of para-hydroxylation sites is 2. The minimum absolute atomic E-state index is 1.18. The molecular weight excluding hydrogens is 591 g/mol.